The monoisotopic (exact) mass is 323 g/mol. The molecule has 120 valence electrons. The third-order valence-corrected chi connectivity index (χ3v) is 5.64. The van der Waals surface area contributed by atoms with E-state index in [1.165, 1.54) is 11.3 Å². The summed E-state index contributed by atoms with van der Waals surface area (Å²) >= 11 is 1.48. The van der Waals surface area contributed by atoms with E-state index in [-0.39, 0.29) is 12.0 Å². The molecule has 0 unspecified atom stereocenters. The third kappa shape index (κ3) is 2.69. The first-order chi connectivity index (χ1) is 10.4. The second kappa shape index (κ2) is 5.53. The highest BCUT2D eigenvalue weighted by molar-refractivity contribution is 7.13. The highest BCUT2D eigenvalue weighted by Gasteiger charge is 2.45. The Labute approximate surface area is 133 Å². The van der Waals surface area contributed by atoms with Gasteiger partial charge < -0.3 is 15.0 Å². The van der Waals surface area contributed by atoms with E-state index < -0.39 is 5.60 Å². The van der Waals surface area contributed by atoms with Crippen LogP contribution in [0.3, 0.4) is 0 Å². The number of piperidine rings is 1. The van der Waals surface area contributed by atoms with E-state index >= 15 is 0 Å². The van der Waals surface area contributed by atoms with Gasteiger partial charge in [-0.2, -0.15) is 0 Å². The molecule has 0 saturated carbocycles. The molecule has 0 aliphatic carbocycles. The summed E-state index contributed by atoms with van der Waals surface area (Å²) in [5.41, 5.74) is 0.240. The van der Waals surface area contributed by atoms with E-state index in [9.17, 15) is 9.59 Å². The van der Waals surface area contributed by atoms with Gasteiger partial charge in [-0.1, -0.05) is 13.8 Å². The Balaban J connectivity index is 1.79. The maximum absolute atomic E-state index is 12.8. The molecule has 2 aliphatic rings. The second-order valence-electron chi connectivity index (χ2n) is 6.38. The van der Waals surface area contributed by atoms with Crippen molar-refractivity contribution in [2.75, 3.05) is 19.6 Å². The first-order valence-electron chi connectivity index (χ1n) is 7.64. The molecule has 3 rings (SSSR count). The number of likely N-dealkylation sites (tertiary alicyclic amines) is 1. The van der Waals surface area contributed by atoms with Crippen LogP contribution in [0.5, 0.6) is 0 Å². The number of hydrogen-bond acceptors (Lipinski definition) is 5. The summed E-state index contributed by atoms with van der Waals surface area (Å²) in [6.07, 6.45) is 1.26. The molecule has 2 saturated heterocycles. The predicted octanol–water partition coefficient (Wildman–Crippen LogP) is 2.29. The highest BCUT2D eigenvalue weighted by Crippen LogP contribution is 2.31. The van der Waals surface area contributed by atoms with E-state index in [2.05, 4.69) is 24.1 Å². The van der Waals surface area contributed by atoms with Crippen LogP contribution in [0.25, 0.3) is 0 Å². The van der Waals surface area contributed by atoms with Crippen LogP contribution >= 0.6 is 11.3 Å². The van der Waals surface area contributed by atoms with Crippen molar-refractivity contribution in [2.45, 2.75) is 45.1 Å². The molecule has 1 aromatic heterocycles. The number of nitrogens with zero attached hydrogens (tertiary/aromatic N) is 2. The summed E-state index contributed by atoms with van der Waals surface area (Å²) in [7, 11) is 0. The lowest BCUT2D eigenvalue weighted by Gasteiger charge is -2.38. The SMILES string of the molecule is Cc1nc(C(C)C)sc1C(=O)N1CCC[C@]2(CNC(=O)O2)C1. The molecule has 1 aromatic rings. The summed E-state index contributed by atoms with van der Waals surface area (Å²) in [6.45, 7) is 7.67. The van der Waals surface area contributed by atoms with Crippen LogP contribution in [-0.2, 0) is 4.74 Å². The number of hydrogen-bond donors (Lipinski definition) is 1. The van der Waals surface area contributed by atoms with Crippen molar-refractivity contribution >= 4 is 23.3 Å². The predicted molar refractivity (Wildman–Crippen MR) is 83.3 cm³/mol. The van der Waals surface area contributed by atoms with E-state index in [1.807, 2.05) is 6.92 Å². The average Bonchev–Trinajstić information content (AvgIpc) is 3.02. The van der Waals surface area contributed by atoms with Gasteiger partial charge in [-0.3, -0.25) is 4.79 Å². The smallest absolute Gasteiger partial charge is 0.407 e. The Morgan fingerprint density at radius 1 is 1.50 bits per heavy atom. The Hall–Kier alpha value is -1.63. The molecule has 1 spiro atoms. The minimum atomic E-state index is -0.551. The molecule has 0 bridgehead atoms. The first kappa shape index (κ1) is 15.3. The molecule has 3 heterocycles. The number of amides is 2. The summed E-state index contributed by atoms with van der Waals surface area (Å²) in [4.78, 5) is 31.2. The van der Waals surface area contributed by atoms with Crippen molar-refractivity contribution in [3.8, 4) is 0 Å². The Bertz CT molecular complexity index is 613. The van der Waals surface area contributed by atoms with Crippen molar-refractivity contribution in [2.24, 2.45) is 0 Å². The van der Waals surface area contributed by atoms with Gasteiger partial charge in [0, 0.05) is 12.5 Å². The number of rotatable bonds is 2. The lowest BCUT2D eigenvalue weighted by molar-refractivity contribution is -0.00490. The van der Waals surface area contributed by atoms with Gasteiger partial charge in [0.2, 0.25) is 0 Å². The average molecular weight is 323 g/mol. The zero-order valence-electron chi connectivity index (χ0n) is 13.1. The molecule has 22 heavy (non-hydrogen) atoms. The van der Waals surface area contributed by atoms with Gasteiger partial charge in [0.25, 0.3) is 5.91 Å². The van der Waals surface area contributed by atoms with E-state index in [0.717, 1.165) is 23.5 Å². The van der Waals surface area contributed by atoms with Crippen molar-refractivity contribution in [1.82, 2.24) is 15.2 Å². The molecule has 7 heteroatoms. The van der Waals surface area contributed by atoms with Crippen LogP contribution in [0.2, 0.25) is 0 Å². The summed E-state index contributed by atoms with van der Waals surface area (Å²) in [5.74, 6) is 0.321. The van der Waals surface area contributed by atoms with E-state index in [1.54, 1.807) is 4.90 Å². The van der Waals surface area contributed by atoms with Gasteiger partial charge in [-0.15, -0.1) is 11.3 Å². The fourth-order valence-electron chi connectivity index (χ4n) is 3.01. The van der Waals surface area contributed by atoms with E-state index in [4.69, 9.17) is 4.74 Å². The standard InChI is InChI=1S/C15H21N3O3S/c1-9(2)12-17-10(3)11(22-12)13(19)18-6-4-5-15(8-18)7-16-14(20)21-15/h9H,4-8H2,1-3H3,(H,16,20)/t15-/m0/s1. The number of nitrogens with one attached hydrogen (secondary N) is 1. The minimum Gasteiger partial charge on any atom is -0.439 e. The van der Waals surface area contributed by atoms with Crippen LogP contribution in [0.4, 0.5) is 4.79 Å². The topological polar surface area (TPSA) is 71.5 Å². The van der Waals surface area contributed by atoms with Gasteiger partial charge in [-0.25, -0.2) is 9.78 Å². The summed E-state index contributed by atoms with van der Waals surface area (Å²) in [6, 6.07) is 0. The van der Waals surface area contributed by atoms with Crippen LogP contribution in [0.15, 0.2) is 0 Å². The molecule has 2 fully saturated rings. The molecule has 6 nitrogen and oxygen atoms in total. The molecule has 2 aliphatic heterocycles. The summed E-state index contributed by atoms with van der Waals surface area (Å²) < 4.78 is 5.42. The fourth-order valence-corrected chi connectivity index (χ4v) is 4.04. The van der Waals surface area contributed by atoms with Gasteiger partial charge >= 0.3 is 6.09 Å². The largest absolute Gasteiger partial charge is 0.439 e. The maximum atomic E-state index is 12.8. The van der Waals surface area contributed by atoms with E-state index in [0.29, 0.717) is 30.4 Å². The van der Waals surface area contributed by atoms with Crippen LogP contribution in [-0.4, -0.2) is 47.1 Å². The van der Waals surface area contributed by atoms with Gasteiger partial charge in [-0.05, 0) is 19.8 Å². The normalized spacial score (nSPS) is 24.7. The number of carbonyl (C=O) groups excluding carboxylic acids is 2. The first-order valence-corrected chi connectivity index (χ1v) is 8.45. The number of carbonyl (C=O) groups is 2. The Kier molecular flexibility index (Phi) is 3.84. The highest BCUT2D eigenvalue weighted by atomic mass is 32.1. The Morgan fingerprint density at radius 3 is 2.86 bits per heavy atom. The molecule has 1 atom stereocenters. The van der Waals surface area contributed by atoms with Crippen LogP contribution in [0.1, 0.15) is 53.0 Å². The zero-order valence-corrected chi connectivity index (χ0v) is 14.0. The summed E-state index contributed by atoms with van der Waals surface area (Å²) in [5, 5.41) is 3.69. The number of aromatic nitrogens is 1. The number of thiazole rings is 1. The minimum absolute atomic E-state index is 0.00363. The molecule has 1 N–H and O–H groups in total. The van der Waals surface area contributed by atoms with Gasteiger partial charge in [0.1, 0.15) is 10.5 Å². The Morgan fingerprint density at radius 2 is 2.27 bits per heavy atom. The number of ether oxygens (including phenoxy) is 1. The molecule has 2 amide bonds. The molecular weight excluding hydrogens is 302 g/mol. The fraction of sp³-hybridized carbons (Fsp3) is 0.667. The third-order valence-electron chi connectivity index (χ3n) is 4.19. The van der Waals surface area contributed by atoms with Gasteiger partial charge in [0.15, 0.2) is 0 Å². The molecular formula is C15H21N3O3S. The van der Waals surface area contributed by atoms with Crippen LogP contribution < -0.4 is 5.32 Å². The van der Waals surface area contributed by atoms with Crippen molar-refractivity contribution in [3.05, 3.63) is 15.6 Å². The quantitative estimate of drug-likeness (QED) is 0.906. The van der Waals surface area contributed by atoms with Crippen molar-refractivity contribution in [3.63, 3.8) is 0 Å². The second-order valence-corrected chi connectivity index (χ2v) is 7.41. The van der Waals surface area contributed by atoms with Crippen LogP contribution in [0, 0.1) is 6.92 Å². The van der Waals surface area contributed by atoms with Crippen molar-refractivity contribution < 1.29 is 14.3 Å². The number of aryl methyl sites for hydroxylation is 1. The lowest BCUT2D eigenvalue weighted by Crippen LogP contribution is -2.52. The molecule has 0 radical (unpaired) electrons. The van der Waals surface area contributed by atoms with Gasteiger partial charge in [0.05, 0.1) is 23.8 Å². The molecule has 0 aromatic carbocycles. The number of alkyl carbamates (subject to hydrolysis) is 1. The zero-order chi connectivity index (χ0) is 15.9. The lowest BCUT2D eigenvalue weighted by atomic mass is 9.93. The van der Waals surface area contributed by atoms with Crippen molar-refractivity contribution in [1.29, 1.82) is 0 Å². The maximum Gasteiger partial charge on any atom is 0.407 e.